The van der Waals surface area contributed by atoms with Crippen molar-refractivity contribution in [1.82, 2.24) is 15.1 Å². The van der Waals surface area contributed by atoms with Gasteiger partial charge in [-0.2, -0.15) is 0 Å². The number of methoxy groups -OCH3 is 1. The van der Waals surface area contributed by atoms with Crippen LogP contribution in [0, 0.1) is 5.82 Å². The molecule has 2 rings (SSSR count). The summed E-state index contributed by atoms with van der Waals surface area (Å²) in [6.45, 7) is 2.55. The molecule has 7 heteroatoms. The fourth-order valence-electron chi connectivity index (χ4n) is 2.49. The van der Waals surface area contributed by atoms with Crippen LogP contribution < -0.4 is 5.32 Å². The molecule has 6 nitrogen and oxygen atoms in total. The SMILES string of the molecule is COCC(=O)N1CCN(C(=O)NCCc2cccc(F)c2)CC1. The molecule has 1 heterocycles. The van der Waals surface area contributed by atoms with Crippen LogP contribution in [0.4, 0.5) is 9.18 Å². The first kappa shape index (κ1) is 17.2. The standard InChI is InChI=1S/C16H22FN3O3/c1-23-12-15(21)19-7-9-20(10-8-19)16(22)18-6-5-13-3-2-4-14(17)11-13/h2-4,11H,5-10,12H2,1H3,(H,18,22). The minimum atomic E-state index is -0.273. The van der Waals surface area contributed by atoms with Crippen molar-refractivity contribution < 1.29 is 18.7 Å². The Hall–Kier alpha value is -2.15. The van der Waals surface area contributed by atoms with Crippen molar-refractivity contribution in [2.75, 3.05) is 46.4 Å². The van der Waals surface area contributed by atoms with Crippen LogP contribution in [0.15, 0.2) is 24.3 Å². The number of hydrogen-bond donors (Lipinski definition) is 1. The van der Waals surface area contributed by atoms with Crippen molar-refractivity contribution in [3.8, 4) is 0 Å². The van der Waals surface area contributed by atoms with E-state index in [1.165, 1.54) is 19.2 Å². The fraction of sp³-hybridized carbons (Fsp3) is 0.500. The third-order valence-electron chi connectivity index (χ3n) is 3.77. The van der Waals surface area contributed by atoms with Gasteiger partial charge in [0.05, 0.1) is 0 Å². The van der Waals surface area contributed by atoms with Gasteiger partial charge in [-0.3, -0.25) is 4.79 Å². The number of carbonyl (C=O) groups excluding carboxylic acids is 2. The van der Waals surface area contributed by atoms with Gasteiger partial charge in [0.1, 0.15) is 12.4 Å². The number of piperazine rings is 1. The molecule has 0 radical (unpaired) electrons. The number of carbonyl (C=O) groups is 2. The van der Waals surface area contributed by atoms with Crippen LogP contribution >= 0.6 is 0 Å². The van der Waals surface area contributed by atoms with Gasteiger partial charge in [-0.1, -0.05) is 12.1 Å². The van der Waals surface area contributed by atoms with Crippen LogP contribution in [0.3, 0.4) is 0 Å². The second kappa shape index (κ2) is 8.47. The number of amides is 3. The van der Waals surface area contributed by atoms with Crippen LogP contribution in [0.1, 0.15) is 5.56 Å². The number of ether oxygens (including phenoxy) is 1. The van der Waals surface area contributed by atoms with Crippen molar-refractivity contribution in [3.05, 3.63) is 35.6 Å². The molecule has 1 N–H and O–H groups in total. The van der Waals surface area contributed by atoms with Crippen molar-refractivity contribution in [2.45, 2.75) is 6.42 Å². The first-order valence-corrected chi connectivity index (χ1v) is 7.64. The van der Waals surface area contributed by atoms with Gasteiger partial charge < -0.3 is 19.9 Å². The third kappa shape index (κ3) is 5.21. The molecule has 0 unspecified atom stereocenters. The molecule has 0 atom stereocenters. The van der Waals surface area contributed by atoms with Crippen molar-refractivity contribution in [2.24, 2.45) is 0 Å². The summed E-state index contributed by atoms with van der Waals surface area (Å²) in [6.07, 6.45) is 0.579. The third-order valence-corrected chi connectivity index (χ3v) is 3.77. The van der Waals surface area contributed by atoms with Crippen molar-refractivity contribution >= 4 is 11.9 Å². The highest BCUT2D eigenvalue weighted by atomic mass is 19.1. The lowest BCUT2D eigenvalue weighted by Crippen LogP contribution is -2.53. The highest BCUT2D eigenvalue weighted by molar-refractivity contribution is 5.78. The van der Waals surface area contributed by atoms with Gasteiger partial charge in [0.25, 0.3) is 0 Å². The summed E-state index contributed by atoms with van der Waals surface area (Å²) in [5.41, 5.74) is 0.847. The van der Waals surface area contributed by atoms with E-state index in [1.54, 1.807) is 15.9 Å². The smallest absolute Gasteiger partial charge is 0.317 e. The molecule has 23 heavy (non-hydrogen) atoms. The van der Waals surface area contributed by atoms with Gasteiger partial charge in [0.15, 0.2) is 0 Å². The molecule has 1 aliphatic heterocycles. The minimum Gasteiger partial charge on any atom is -0.375 e. The van der Waals surface area contributed by atoms with E-state index in [0.717, 1.165) is 5.56 Å². The molecular weight excluding hydrogens is 301 g/mol. The van der Waals surface area contributed by atoms with Gasteiger partial charge in [-0.05, 0) is 24.1 Å². The van der Waals surface area contributed by atoms with E-state index in [4.69, 9.17) is 4.74 Å². The summed E-state index contributed by atoms with van der Waals surface area (Å²) < 4.78 is 17.9. The van der Waals surface area contributed by atoms with Gasteiger partial charge in [-0.15, -0.1) is 0 Å². The van der Waals surface area contributed by atoms with Crippen LogP contribution in [0.25, 0.3) is 0 Å². The number of halogens is 1. The highest BCUT2D eigenvalue weighted by Gasteiger charge is 2.23. The zero-order valence-electron chi connectivity index (χ0n) is 13.3. The second-order valence-corrected chi connectivity index (χ2v) is 5.41. The summed E-state index contributed by atoms with van der Waals surface area (Å²) in [5.74, 6) is -0.329. The number of benzene rings is 1. The predicted octanol–water partition coefficient (Wildman–Crippen LogP) is 0.868. The fourth-order valence-corrected chi connectivity index (χ4v) is 2.49. The average molecular weight is 323 g/mol. The monoisotopic (exact) mass is 323 g/mol. The van der Waals surface area contributed by atoms with E-state index in [2.05, 4.69) is 5.32 Å². The lowest BCUT2D eigenvalue weighted by Gasteiger charge is -2.34. The molecule has 126 valence electrons. The summed E-state index contributed by atoms with van der Waals surface area (Å²) in [5, 5.41) is 2.83. The Labute approximate surface area is 135 Å². The predicted molar refractivity (Wildman–Crippen MR) is 83.5 cm³/mol. The van der Waals surface area contributed by atoms with E-state index < -0.39 is 0 Å². The summed E-state index contributed by atoms with van der Waals surface area (Å²) in [4.78, 5) is 27.1. The number of rotatable bonds is 5. The van der Waals surface area contributed by atoms with Crippen molar-refractivity contribution in [1.29, 1.82) is 0 Å². The first-order chi connectivity index (χ1) is 11.1. The van der Waals surface area contributed by atoms with Gasteiger partial charge in [0, 0.05) is 39.8 Å². The normalized spacial score (nSPS) is 14.7. The zero-order valence-corrected chi connectivity index (χ0v) is 13.3. The number of nitrogens with one attached hydrogen (secondary N) is 1. The lowest BCUT2D eigenvalue weighted by atomic mass is 10.1. The van der Waals surface area contributed by atoms with Crippen LogP contribution in [0.5, 0.6) is 0 Å². The van der Waals surface area contributed by atoms with E-state index >= 15 is 0 Å². The van der Waals surface area contributed by atoms with Crippen molar-refractivity contribution in [3.63, 3.8) is 0 Å². The molecule has 1 aromatic rings. The lowest BCUT2D eigenvalue weighted by molar-refractivity contribution is -0.136. The Balaban J connectivity index is 1.70. The number of nitrogens with zero attached hydrogens (tertiary/aromatic N) is 2. The Morgan fingerprint density at radius 2 is 1.91 bits per heavy atom. The quantitative estimate of drug-likeness (QED) is 0.874. The maximum absolute atomic E-state index is 13.1. The van der Waals surface area contributed by atoms with Crippen LogP contribution in [-0.2, 0) is 16.0 Å². The second-order valence-electron chi connectivity index (χ2n) is 5.41. The molecule has 1 aliphatic rings. The van der Waals surface area contributed by atoms with Gasteiger partial charge in [-0.25, -0.2) is 9.18 Å². The van der Waals surface area contributed by atoms with E-state index in [-0.39, 0.29) is 24.4 Å². The van der Waals surface area contributed by atoms with Gasteiger partial charge in [0.2, 0.25) is 5.91 Å². The summed E-state index contributed by atoms with van der Waals surface area (Å²) >= 11 is 0. The van der Waals surface area contributed by atoms with E-state index in [1.807, 2.05) is 6.07 Å². The maximum atomic E-state index is 13.1. The van der Waals surface area contributed by atoms with Crippen LogP contribution in [-0.4, -0.2) is 68.2 Å². The Bertz CT molecular complexity index is 545. The molecule has 1 saturated heterocycles. The molecule has 0 spiro atoms. The molecule has 1 aromatic carbocycles. The minimum absolute atomic E-state index is 0.0568. The zero-order chi connectivity index (χ0) is 16.7. The topological polar surface area (TPSA) is 61.9 Å². The molecule has 0 bridgehead atoms. The molecule has 0 aromatic heterocycles. The Morgan fingerprint density at radius 3 is 2.57 bits per heavy atom. The average Bonchev–Trinajstić information content (AvgIpc) is 2.55. The molecule has 3 amide bonds. The Kier molecular flexibility index (Phi) is 6.34. The molecule has 0 saturated carbocycles. The largest absolute Gasteiger partial charge is 0.375 e. The van der Waals surface area contributed by atoms with Gasteiger partial charge >= 0.3 is 6.03 Å². The number of hydrogen-bond acceptors (Lipinski definition) is 3. The maximum Gasteiger partial charge on any atom is 0.317 e. The summed E-state index contributed by atoms with van der Waals surface area (Å²) in [7, 11) is 1.49. The highest BCUT2D eigenvalue weighted by Crippen LogP contribution is 2.05. The van der Waals surface area contributed by atoms with E-state index in [0.29, 0.717) is 39.1 Å². The number of urea groups is 1. The van der Waals surface area contributed by atoms with E-state index in [9.17, 15) is 14.0 Å². The first-order valence-electron chi connectivity index (χ1n) is 7.64. The molecular formula is C16H22FN3O3. The Morgan fingerprint density at radius 1 is 1.22 bits per heavy atom. The molecule has 0 aliphatic carbocycles. The summed E-state index contributed by atoms with van der Waals surface area (Å²) in [6, 6.07) is 6.19. The molecule has 1 fully saturated rings. The van der Waals surface area contributed by atoms with Crippen LogP contribution in [0.2, 0.25) is 0 Å².